The van der Waals surface area contributed by atoms with E-state index in [-0.39, 0.29) is 0 Å². The molecule has 2 atom stereocenters. The third kappa shape index (κ3) is 3.68. The van der Waals surface area contributed by atoms with Crippen molar-refractivity contribution in [3.8, 4) is 0 Å². The van der Waals surface area contributed by atoms with Gasteiger partial charge in [-0.05, 0) is 39.0 Å². The van der Waals surface area contributed by atoms with Gasteiger partial charge in [0.2, 0.25) is 0 Å². The molecule has 0 heterocycles. The van der Waals surface area contributed by atoms with E-state index in [9.17, 15) is 0 Å². The molecular weight excluding hydrogens is 158 g/mol. The highest BCUT2D eigenvalue weighted by atomic mass is 14.9. The van der Waals surface area contributed by atoms with Crippen LogP contribution < -0.4 is 5.32 Å². The molecular formula is C12H25N. The lowest BCUT2D eigenvalue weighted by molar-refractivity contribution is 0.266. The molecule has 1 fully saturated rings. The summed E-state index contributed by atoms with van der Waals surface area (Å²) < 4.78 is 0. The zero-order chi connectivity index (χ0) is 9.68. The monoisotopic (exact) mass is 183 g/mol. The molecule has 0 bridgehead atoms. The standard InChI is InChI=1S/C12H25N/c1-4-10(2)13-11(3)12-8-6-5-7-9-12/h10-13H,4-9H2,1-3H3. The Kier molecular flexibility index (Phi) is 4.79. The van der Waals surface area contributed by atoms with E-state index in [1.54, 1.807) is 0 Å². The van der Waals surface area contributed by atoms with Crippen LogP contribution in [0.3, 0.4) is 0 Å². The molecule has 1 saturated carbocycles. The average molecular weight is 183 g/mol. The Morgan fingerprint density at radius 1 is 1.15 bits per heavy atom. The molecule has 2 unspecified atom stereocenters. The van der Waals surface area contributed by atoms with E-state index in [1.165, 1.54) is 38.5 Å². The summed E-state index contributed by atoms with van der Waals surface area (Å²) in [6.07, 6.45) is 8.52. The number of rotatable bonds is 4. The van der Waals surface area contributed by atoms with Gasteiger partial charge in [0.05, 0.1) is 0 Å². The second-order valence-electron chi connectivity index (χ2n) is 4.66. The predicted molar refractivity (Wildman–Crippen MR) is 58.9 cm³/mol. The van der Waals surface area contributed by atoms with Crippen LogP contribution in [0.2, 0.25) is 0 Å². The van der Waals surface area contributed by atoms with Gasteiger partial charge in [-0.15, -0.1) is 0 Å². The highest BCUT2D eigenvalue weighted by Gasteiger charge is 2.20. The van der Waals surface area contributed by atoms with Gasteiger partial charge in [0.15, 0.2) is 0 Å². The maximum absolute atomic E-state index is 3.70. The summed E-state index contributed by atoms with van der Waals surface area (Å²) in [5.41, 5.74) is 0. The Bertz CT molecular complexity index is 127. The Hall–Kier alpha value is -0.0400. The van der Waals surface area contributed by atoms with Crippen LogP contribution in [-0.2, 0) is 0 Å². The molecule has 0 aromatic rings. The van der Waals surface area contributed by atoms with Crippen molar-refractivity contribution < 1.29 is 0 Å². The number of nitrogens with one attached hydrogen (secondary N) is 1. The minimum atomic E-state index is 0.692. The zero-order valence-electron chi connectivity index (χ0n) is 9.47. The lowest BCUT2D eigenvalue weighted by Gasteiger charge is -2.30. The van der Waals surface area contributed by atoms with Crippen LogP contribution in [0, 0.1) is 5.92 Å². The molecule has 1 N–H and O–H groups in total. The van der Waals surface area contributed by atoms with E-state index in [0.29, 0.717) is 6.04 Å². The Labute approximate surface area is 83.3 Å². The van der Waals surface area contributed by atoms with Crippen molar-refractivity contribution in [2.45, 2.75) is 71.4 Å². The Morgan fingerprint density at radius 2 is 1.77 bits per heavy atom. The molecule has 0 spiro atoms. The van der Waals surface area contributed by atoms with Gasteiger partial charge >= 0.3 is 0 Å². The van der Waals surface area contributed by atoms with Crippen molar-refractivity contribution in [2.24, 2.45) is 5.92 Å². The van der Waals surface area contributed by atoms with E-state index < -0.39 is 0 Å². The molecule has 0 aromatic carbocycles. The first kappa shape index (κ1) is 11.0. The van der Waals surface area contributed by atoms with Crippen LogP contribution in [0.5, 0.6) is 0 Å². The lowest BCUT2D eigenvalue weighted by Crippen LogP contribution is -2.39. The van der Waals surface area contributed by atoms with Gasteiger partial charge < -0.3 is 5.32 Å². The van der Waals surface area contributed by atoms with E-state index in [1.807, 2.05) is 0 Å². The van der Waals surface area contributed by atoms with Crippen molar-refractivity contribution in [2.75, 3.05) is 0 Å². The maximum Gasteiger partial charge on any atom is 0.00694 e. The lowest BCUT2D eigenvalue weighted by atomic mass is 9.84. The molecule has 1 heteroatoms. The second kappa shape index (κ2) is 5.64. The molecule has 1 nitrogen and oxygen atoms in total. The maximum atomic E-state index is 3.70. The van der Waals surface area contributed by atoms with Crippen molar-refractivity contribution >= 4 is 0 Å². The molecule has 0 aromatic heterocycles. The van der Waals surface area contributed by atoms with Crippen molar-refractivity contribution in [3.05, 3.63) is 0 Å². The van der Waals surface area contributed by atoms with Crippen LogP contribution >= 0.6 is 0 Å². The SMILES string of the molecule is CCC(C)NC(C)C1CCCCC1. The van der Waals surface area contributed by atoms with Crippen molar-refractivity contribution in [3.63, 3.8) is 0 Å². The van der Waals surface area contributed by atoms with Gasteiger partial charge in [0.1, 0.15) is 0 Å². The highest BCUT2D eigenvalue weighted by molar-refractivity contribution is 4.77. The first-order chi connectivity index (χ1) is 6.24. The summed E-state index contributed by atoms with van der Waals surface area (Å²) in [4.78, 5) is 0. The minimum Gasteiger partial charge on any atom is -0.312 e. The molecule has 1 rings (SSSR count). The molecule has 0 amide bonds. The van der Waals surface area contributed by atoms with Crippen molar-refractivity contribution in [1.29, 1.82) is 0 Å². The van der Waals surface area contributed by atoms with Crippen LogP contribution in [0.15, 0.2) is 0 Å². The quantitative estimate of drug-likeness (QED) is 0.705. The normalized spacial score (nSPS) is 24.2. The molecule has 1 aliphatic carbocycles. The van der Waals surface area contributed by atoms with Gasteiger partial charge in [-0.25, -0.2) is 0 Å². The van der Waals surface area contributed by atoms with E-state index in [0.717, 1.165) is 12.0 Å². The van der Waals surface area contributed by atoms with Crippen LogP contribution in [0.1, 0.15) is 59.3 Å². The Balaban J connectivity index is 2.24. The van der Waals surface area contributed by atoms with Crippen LogP contribution in [0.25, 0.3) is 0 Å². The molecule has 0 aliphatic heterocycles. The molecule has 78 valence electrons. The van der Waals surface area contributed by atoms with Gasteiger partial charge in [0.25, 0.3) is 0 Å². The van der Waals surface area contributed by atoms with E-state index in [2.05, 4.69) is 26.1 Å². The first-order valence-electron chi connectivity index (χ1n) is 6.00. The minimum absolute atomic E-state index is 0.692. The van der Waals surface area contributed by atoms with Crippen LogP contribution in [0.4, 0.5) is 0 Å². The van der Waals surface area contributed by atoms with Crippen molar-refractivity contribution in [1.82, 2.24) is 5.32 Å². The van der Waals surface area contributed by atoms with Gasteiger partial charge in [-0.2, -0.15) is 0 Å². The summed E-state index contributed by atoms with van der Waals surface area (Å²) in [6.45, 7) is 6.91. The Morgan fingerprint density at radius 3 is 2.31 bits per heavy atom. The summed E-state index contributed by atoms with van der Waals surface area (Å²) in [7, 11) is 0. The summed E-state index contributed by atoms with van der Waals surface area (Å²) in [6, 6.07) is 1.42. The fourth-order valence-electron chi connectivity index (χ4n) is 2.34. The predicted octanol–water partition coefficient (Wildman–Crippen LogP) is 3.34. The van der Waals surface area contributed by atoms with E-state index >= 15 is 0 Å². The van der Waals surface area contributed by atoms with E-state index in [4.69, 9.17) is 0 Å². The zero-order valence-corrected chi connectivity index (χ0v) is 9.47. The molecule has 13 heavy (non-hydrogen) atoms. The number of hydrogen-bond donors (Lipinski definition) is 1. The fraction of sp³-hybridized carbons (Fsp3) is 1.00. The van der Waals surface area contributed by atoms with Gasteiger partial charge in [0, 0.05) is 12.1 Å². The largest absolute Gasteiger partial charge is 0.312 e. The third-order valence-electron chi connectivity index (χ3n) is 3.52. The molecule has 1 aliphatic rings. The molecule has 0 radical (unpaired) electrons. The third-order valence-corrected chi connectivity index (χ3v) is 3.52. The second-order valence-corrected chi connectivity index (χ2v) is 4.66. The topological polar surface area (TPSA) is 12.0 Å². The van der Waals surface area contributed by atoms with Gasteiger partial charge in [-0.3, -0.25) is 0 Å². The fourth-order valence-corrected chi connectivity index (χ4v) is 2.34. The van der Waals surface area contributed by atoms with Crippen LogP contribution in [-0.4, -0.2) is 12.1 Å². The average Bonchev–Trinajstić information content (AvgIpc) is 2.19. The summed E-state index contributed by atoms with van der Waals surface area (Å²) in [5.74, 6) is 0.947. The summed E-state index contributed by atoms with van der Waals surface area (Å²) >= 11 is 0. The summed E-state index contributed by atoms with van der Waals surface area (Å²) in [5, 5.41) is 3.70. The first-order valence-corrected chi connectivity index (χ1v) is 6.00. The number of hydrogen-bond acceptors (Lipinski definition) is 1. The highest BCUT2D eigenvalue weighted by Crippen LogP contribution is 2.26. The smallest absolute Gasteiger partial charge is 0.00694 e. The molecule has 0 saturated heterocycles. The van der Waals surface area contributed by atoms with Gasteiger partial charge in [-0.1, -0.05) is 26.2 Å².